The van der Waals surface area contributed by atoms with Gasteiger partial charge in [-0.3, -0.25) is 4.79 Å². The minimum absolute atomic E-state index is 0.274. The number of ether oxygens (including phenoxy) is 3. The third-order valence-corrected chi connectivity index (χ3v) is 6.46. The highest BCUT2D eigenvalue weighted by Crippen LogP contribution is 2.43. The Balaban J connectivity index is 1.62. The smallest absolute Gasteiger partial charge is 0.339 e. The van der Waals surface area contributed by atoms with Gasteiger partial charge in [0.05, 0.1) is 12.2 Å². The van der Waals surface area contributed by atoms with Crippen LogP contribution in [-0.4, -0.2) is 88.2 Å². The van der Waals surface area contributed by atoms with Crippen LogP contribution in [-0.2, 0) is 9.47 Å². The molecule has 0 unspecified atom stereocenters. The van der Waals surface area contributed by atoms with Crippen LogP contribution in [0.15, 0.2) is 45.6 Å². The van der Waals surface area contributed by atoms with Crippen molar-refractivity contribution in [2.24, 2.45) is 0 Å². The van der Waals surface area contributed by atoms with Crippen molar-refractivity contribution in [3.8, 4) is 63.1 Å². The molecule has 0 aliphatic carbocycles. The number of fused-ring (bicyclic) bond motifs is 1. The van der Waals surface area contributed by atoms with Crippen molar-refractivity contribution in [2.45, 2.75) is 24.6 Å². The molecule has 2 heterocycles. The van der Waals surface area contributed by atoms with Crippen molar-refractivity contribution in [1.29, 1.82) is 0 Å². The lowest BCUT2D eigenvalue weighted by Crippen LogP contribution is -2.56. The summed E-state index contributed by atoms with van der Waals surface area (Å²) in [6.45, 7) is -0.602. The Bertz CT molecular complexity index is 1770. The van der Waals surface area contributed by atoms with E-state index in [4.69, 9.17) is 18.6 Å². The van der Waals surface area contributed by atoms with Crippen molar-refractivity contribution in [3.05, 3.63) is 52.2 Å². The van der Waals surface area contributed by atoms with Crippen molar-refractivity contribution in [3.63, 3.8) is 0 Å². The van der Waals surface area contributed by atoms with Gasteiger partial charge in [0.2, 0.25) is 17.5 Å². The zero-order valence-electron chi connectivity index (χ0n) is 21.4. The van der Waals surface area contributed by atoms with Crippen molar-refractivity contribution in [2.75, 3.05) is 6.61 Å². The van der Waals surface area contributed by atoms with Crippen molar-refractivity contribution < 1.29 is 74.5 Å². The number of phenolic OH excluding ortho intramolecular Hbond substituents is 8. The number of esters is 1. The molecule has 1 aliphatic heterocycles. The molecule has 3 aromatic carbocycles. The maximum absolute atomic E-state index is 13.6. The molecule has 0 bridgehead atoms. The fourth-order valence-corrected chi connectivity index (χ4v) is 4.32. The normalized spacial score (nSPS) is 20.1. The van der Waals surface area contributed by atoms with Gasteiger partial charge in [-0.15, -0.1) is 0 Å². The molecular formula is C27H22O16. The van der Waals surface area contributed by atoms with Crippen molar-refractivity contribution >= 4 is 16.9 Å². The molecule has 0 spiro atoms. The molecule has 10 N–H and O–H groups in total. The zero-order chi connectivity index (χ0) is 31.3. The van der Waals surface area contributed by atoms with E-state index in [2.05, 4.69) is 0 Å². The van der Waals surface area contributed by atoms with Crippen LogP contribution in [0.3, 0.4) is 0 Å². The van der Waals surface area contributed by atoms with Gasteiger partial charge in [0, 0.05) is 17.7 Å². The summed E-state index contributed by atoms with van der Waals surface area (Å²) in [5, 5.41) is 99.5. The SMILES string of the molecule is O=C(O[C@@H]1[C@H](Oc2c(-c3cc(O)c(O)c(O)c3)oc3cc(O)cc(O)c3c2=O)OC[C@@H](O)[C@H]1O)c1cc(O)c(O)c(O)c1. The minimum atomic E-state index is -1.91. The summed E-state index contributed by atoms with van der Waals surface area (Å²) in [5.41, 5.74) is -2.27. The Morgan fingerprint density at radius 2 is 1.37 bits per heavy atom. The average molecular weight is 602 g/mol. The molecule has 43 heavy (non-hydrogen) atoms. The number of hydrogen-bond acceptors (Lipinski definition) is 16. The van der Waals surface area contributed by atoms with Crippen LogP contribution in [0.25, 0.3) is 22.3 Å². The van der Waals surface area contributed by atoms with Gasteiger partial charge < -0.3 is 69.7 Å². The van der Waals surface area contributed by atoms with E-state index in [1.54, 1.807) is 0 Å². The largest absolute Gasteiger partial charge is 0.508 e. The first-order chi connectivity index (χ1) is 20.3. The van der Waals surface area contributed by atoms with E-state index < -0.39 is 111 Å². The fraction of sp³-hybridized carbons (Fsp3) is 0.185. The summed E-state index contributed by atoms with van der Waals surface area (Å²) in [6, 6.07) is 5.00. The van der Waals surface area contributed by atoms with Crippen LogP contribution in [0.4, 0.5) is 0 Å². The number of rotatable bonds is 5. The van der Waals surface area contributed by atoms with Gasteiger partial charge in [-0.1, -0.05) is 0 Å². The summed E-state index contributed by atoms with van der Waals surface area (Å²) < 4.78 is 22.0. The highest BCUT2D eigenvalue weighted by molar-refractivity contribution is 5.91. The summed E-state index contributed by atoms with van der Waals surface area (Å²) >= 11 is 0. The van der Waals surface area contributed by atoms with Gasteiger partial charge in [0.15, 0.2) is 46.4 Å². The third kappa shape index (κ3) is 5.16. The topological polar surface area (TPSA) is 277 Å². The van der Waals surface area contributed by atoms with E-state index in [9.17, 15) is 60.7 Å². The molecule has 0 radical (unpaired) electrons. The highest BCUT2D eigenvalue weighted by Gasteiger charge is 2.44. The maximum atomic E-state index is 13.6. The number of carbonyl (C=O) groups is 1. The monoisotopic (exact) mass is 602 g/mol. The lowest BCUT2D eigenvalue weighted by molar-refractivity contribution is -0.241. The van der Waals surface area contributed by atoms with Crippen molar-refractivity contribution in [1.82, 2.24) is 0 Å². The van der Waals surface area contributed by atoms with Crippen LogP contribution in [0.5, 0.6) is 51.7 Å². The van der Waals surface area contributed by atoms with Crippen LogP contribution in [0.2, 0.25) is 0 Å². The molecule has 1 fully saturated rings. The summed E-state index contributed by atoms with van der Waals surface area (Å²) in [5.74, 6) is -9.21. The average Bonchev–Trinajstić information content (AvgIpc) is 2.94. The first kappa shape index (κ1) is 28.9. The molecule has 226 valence electrons. The predicted molar refractivity (Wildman–Crippen MR) is 139 cm³/mol. The van der Waals surface area contributed by atoms with Gasteiger partial charge >= 0.3 is 5.97 Å². The van der Waals surface area contributed by atoms with Gasteiger partial charge in [0.25, 0.3) is 0 Å². The number of benzene rings is 3. The Kier molecular flexibility index (Phi) is 7.18. The molecule has 4 atom stereocenters. The van der Waals surface area contributed by atoms with Crippen LogP contribution < -0.4 is 10.2 Å². The molecule has 1 saturated heterocycles. The lowest BCUT2D eigenvalue weighted by atomic mass is 10.0. The first-order valence-corrected chi connectivity index (χ1v) is 12.1. The standard InChI is InChI=1S/C27H22O16/c28-10-5-11(29)18-17(6-10)41-23(8-1-12(30)19(35)13(31)2-8)24(22(18)38)43-27-25(21(37)16(34)7-40-27)42-26(39)9-3-14(32)20(36)15(33)4-9/h1-6,16,21,25,27-37H,7H2/t16-,21-,25+,27+/m1/s1. The number of aliphatic hydroxyl groups is 2. The molecule has 16 nitrogen and oxygen atoms in total. The number of phenols is 8. The number of hydrogen-bond donors (Lipinski definition) is 10. The molecule has 4 aromatic rings. The van der Waals surface area contributed by atoms with Gasteiger partial charge in [-0.05, 0) is 24.3 Å². The molecule has 1 aromatic heterocycles. The Morgan fingerprint density at radius 1 is 0.791 bits per heavy atom. The number of carbonyl (C=O) groups excluding carboxylic acids is 1. The minimum Gasteiger partial charge on any atom is -0.508 e. The third-order valence-electron chi connectivity index (χ3n) is 6.46. The van der Waals surface area contributed by atoms with E-state index in [0.29, 0.717) is 0 Å². The van der Waals surface area contributed by atoms with E-state index >= 15 is 0 Å². The highest BCUT2D eigenvalue weighted by atomic mass is 16.7. The summed E-state index contributed by atoms with van der Waals surface area (Å²) in [4.78, 5) is 26.5. The van der Waals surface area contributed by atoms with Gasteiger partial charge in [-0.2, -0.15) is 0 Å². The maximum Gasteiger partial charge on any atom is 0.339 e. The van der Waals surface area contributed by atoms with E-state index in [1.165, 1.54) is 0 Å². The van der Waals surface area contributed by atoms with Crippen LogP contribution in [0, 0.1) is 0 Å². The molecular weight excluding hydrogens is 580 g/mol. The predicted octanol–water partition coefficient (Wildman–Crippen LogP) is 0.787. The summed E-state index contributed by atoms with van der Waals surface area (Å²) in [7, 11) is 0. The number of aliphatic hydroxyl groups excluding tert-OH is 2. The van der Waals surface area contributed by atoms with E-state index in [0.717, 1.165) is 36.4 Å². The number of aromatic hydroxyl groups is 8. The lowest BCUT2D eigenvalue weighted by Gasteiger charge is -2.37. The quantitative estimate of drug-likeness (QED) is 0.112. The molecule has 16 heteroatoms. The first-order valence-electron chi connectivity index (χ1n) is 12.1. The van der Waals surface area contributed by atoms with Crippen LogP contribution in [0.1, 0.15) is 10.4 Å². The zero-order valence-corrected chi connectivity index (χ0v) is 21.4. The molecule has 0 amide bonds. The van der Waals surface area contributed by atoms with E-state index in [1.807, 2.05) is 0 Å². The second-order valence-electron chi connectivity index (χ2n) is 9.40. The van der Waals surface area contributed by atoms with Gasteiger partial charge in [-0.25, -0.2) is 4.79 Å². The Morgan fingerprint density at radius 3 is 1.98 bits per heavy atom. The Labute approximate surface area is 238 Å². The second-order valence-corrected chi connectivity index (χ2v) is 9.40. The van der Waals surface area contributed by atoms with Crippen LogP contribution >= 0.6 is 0 Å². The second kappa shape index (κ2) is 10.7. The fourth-order valence-electron chi connectivity index (χ4n) is 4.32. The van der Waals surface area contributed by atoms with E-state index in [-0.39, 0.29) is 11.1 Å². The molecule has 1 aliphatic rings. The molecule has 5 rings (SSSR count). The molecule has 0 saturated carbocycles. The summed E-state index contributed by atoms with van der Waals surface area (Å²) in [6.07, 6.45) is -7.33. The Hall–Kier alpha value is -5.58. The van der Waals surface area contributed by atoms with Gasteiger partial charge in [0.1, 0.15) is 34.7 Å².